The van der Waals surface area contributed by atoms with E-state index in [4.69, 9.17) is 8.94 Å². The van der Waals surface area contributed by atoms with E-state index in [9.17, 15) is 4.79 Å². The molecule has 0 spiro atoms. The summed E-state index contributed by atoms with van der Waals surface area (Å²) in [5.41, 5.74) is 1.75. The van der Waals surface area contributed by atoms with Crippen LogP contribution in [0.15, 0.2) is 76.3 Å². The fourth-order valence-electron chi connectivity index (χ4n) is 3.27. The number of aromatic nitrogens is 5. The van der Waals surface area contributed by atoms with E-state index >= 15 is 0 Å². The molecule has 32 heavy (non-hydrogen) atoms. The summed E-state index contributed by atoms with van der Waals surface area (Å²) in [6.45, 7) is 1.29. The minimum absolute atomic E-state index is 0.223. The van der Waals surface area contributed by atoms with Crippen LogP contribution < -0.4 is 10.6 Å². The highest BCUT2D eigenvalue weighted by molar-refractivity contribution is 5.93. The molecule has 0 saturated heterocycles. The average molecular weight is 429 g/mol. The Morgan fingerprint density at radius 3 is 2.84 bits per heavy atom. The largest absolute Gasteiger partial charge is 0.467 e. The molecule has 0 aliphatic carbocycles. The first kappa shape index (κ1) is 19.5. The molecule has 0 atom stereocenters. The van der Waals surface area contributed by atoms with E-state index in [2.05, 4.69) is 30.9 Å². The zero-order chi connectivity index (χ0) is 21.8. The predicted octanol–water partition coefficient (Wildman–Crippen LogP) is 3.12. The van der Waals surface area contributed by atoms with E-state index in [1.807, 2.05) is 42.5 Å². The van der Waals surface area contributed by atoms with Gasteiger partial charge in [0, 0.05) is 18.2 Å². The van der Waals surface area contributed by atoms with Crippen molar-refractivity contribution in [3.8, 4) is 11.3 Å². The molecule has 0 radical (unpaired) electrons. The number of rotatable bonds is 8. The number of nitrogens with one attached hydrogen (secondary N) is 2. The second-order valence-corrected chi connectivity index (χ2v) is 6.96. The van der Waals surface area contributed by atoms with Gasteiger partial charge in [-0.3, -0.25) is 4.79 Å². The van der Waals surface area contributed by atoms with Crippen LogP contribution in [-0.4, -0.2) is 37.4 Å². The number of benzene rings is 1. The van der Waals surface area contributed by atoms with Gasteiger partial charge in [-0.1, -0.05) is 35.5 Å². The van der Waals surface area contributed by atoms with Crippen LogP contribution in [0.5, 0.6) is 0 Å². The number of carbonyl (C=O) groups excluding carboxylic acids is 1. The average Bonchev–Trinajstić information content (AvgIpc) is 3.59. The van der Waals surface area contributed by atoms with Crippen molar-refractivity contribution in [2.45, 2.75) is 13.1 Å². The molecule has 1 aromatic carbocycles. The van der Waals surface area contributed by atoms with Gasteiger partial charge < -0.3 is 19.6 Å². The molecule has 0 aliphatic rings. The first-order valence-electron chi connectivity index (χ1n) is 10.0. The second kappa shape index (κ2) is 8.72. The van der Waals surface area contributed by atoms with Crippen molar-refractivity contribution in [3.05, 3.63) is 78.8 Å². The molecule has 2 N–H and O–H groups in total. The predicted molar refractivity (Wildman–Crippen MR) is 116 cm³/mol. The van der Waals surface area contributed by atoms with Crippen LogP contribution in [0.25, 0.3) is 22.4 Å². The summed E-state index contributed by atoms with van der Waals surface area (Å²) in [5, 5.41) is 15.1. The molecule has 4 heterocycles. The Labute approximate surface area is 182 Å². The van der Waals surface area contributed by atoms with Gasteiger partial charge in [0.2, 0.25) is 0 Å². The Balaban J connectivity index is 1.21. The van der Waals surface area contributed by atoms with E-state index in [0.717, 1.165) is 16.7 Å². The zero-order valence-corrected chi connectivity index (χ0v) is 16.9. The van der Waals surface area contributed by atoms with Gasteiger partial charge in [0.1, 0.15) is 17.9 Å². The molecule has 0 aliphatic heterocycles. The number of furan rings is 1. The maximum absolute atomic E-state index is 12.4. The molecule has 160 valence electrons. The maximum atomic E-state index is 12.4. The van der Waals surface area contributed by atoms with Crippen molar-refractivity contribution >= 4 is 22.8 Å². The molecule has 10 nitrogen and oxygen atoms in total. The molecule has 10 heteroatoms. The Morgan fingerprint density at radius 1 is 1.09 bits per heavy atom. The highest BCUT2D eigenvalue weighted by Crippen LogP contribution is 2.20. The van der Waals surface area contributed by atoms with Gasteiger partial charge >= 0.3 is 0 Å². The molecular formula is C22H19N7O3. The van der Waals surface area contributed by atoms with Crippen LogP contribution in [0.3, 0.4) is 0 Å². The summed E-state index contributed by atoms with van der Waals surface area (Å²) in [4.78, 5) is 21.0. The van der Waals surface area contributed by atoms with Crippen molar-refractivity contribution in [2.24, 2.45) is 0 Å². The number of fused-ring (bicyclic) bond motifs is 1. The first-order valence-corrected chi connectivity index (χ1v) is 10.0. The number of amides is 1. The fourth-order valence-corrected chi connectivity index (χ4v) is 3.27. The quantitative estimate of drug-likeness (QED) is 0.386. The van der Waals surface area contributed by atoms with E-state index in [1.165, 1.54) is 6.33 Å². The summed E-state index contributed by atoms with van der Waals surface area (Å²) >= 11 is 0. The van der Waals surface area contributed by atoms with Crippen LogP contribution in [-0.2, 0) is 13.1 Å². The second-order valence-electron chi connectivity index (χ2n) is 6.96. The SMILES string of the molecule is O=C(NCCn1ncc2c(NCc3ccco3)ncnc21)c1cc(-c2ccccc2)on1. The van der Waals surface area contributed by atoms with Crippen molar-refractivity contribution in [2.75, 3.05) is 11.9 Å². The number of hydrogen-bond acceptors (Lipinski definition) is 8. The van der Waals surface area contributed by atoms with E-state index in [0.29, 0.717) is 36.9 Å². The topological polar surface area (TPSA) is 124 Å². The van der Waals surface area contributed by atoms with E-state index in [1.54, 1.807) is 23.2 Å². The minimum Gasteiger partial charge on any atom is -0.467 e. The van der Waals surface area contributed by atoms with E-state index in [-0.39, 0.29) is 11.6 Å². The van der Waals surface area contributed by atoms with Crippen molar-refractivity contribution in [3.63, 3.8) is 0 Å². The van der Waals surface area contributed by atoms with Crippen LogP contribution in [0.4, 0.5) is 5.82 Å². The van der Waals surface area contributed by atoms with Crippen LogP contribution in [0.1, 0.15) is 16.2 Å². The molecule has 4 aromatic heterocycles. The molecule has 0 unspecified atom stereocenters. The zero-order valence-electron chi connectivity index (χ0n) is 16.9. The lowest BCUT2D eigenvalue weighted by atomic mass is 10.1. The Bertz CT molecular complexity index is 1330. The lowest BCUT2D eigenvalue weighted by molar-refractivity contribution is 0.0943. The molecule has 1 amide bonds. The number of hydrogen-bond donors (Lipinski definition) is 2. The lowest BCUT2D eigenvalue weighted by Crippen LogP contribution is -2.27. The number of nitrogens with zero attached hydrogens (tertiary/aromatic N) is 5. The molecule has 0 saturated carbocycles. The maximum Gasteiger partial charge on any atom is 0.273 e. The lowest BCUT2D eigenvalue weighted by Gasteiger charge is -2.06. The summed E-state index contributed by atoms with van der Waals surface area (Å²) in [7, 11) is 0. The van der Waals surface area contributed by atoms with Crippen molar-refractivity contribution < 1.29 is 13.7 Å². The Morgan fingerprint density at radius 2 is 2.00 bits per heavy atom. The Kier molecular flexibility index (Phi) is 5.31. The van der Waals surface area contributed by atoms with Gasteiger partial charge in [-0.15, -0.1) is 0 Å². The molecule has 5 aromatic rings. The minimum atomic E-state index is -0.317. The van der Waals surface area contributed by atoms with Gasteiger partial charge in [-0.25, -0.2) is 14.6 Å². The van der Waals surface area contributed by atoms with Crippen LogP contribution in [0, 0.1) is 0 Å². The molecule has 0 fully saturated rings. The van der Waals surface area contributed by atoms with Gasteiger partial charge in [0.05, 0.1) is 30.9 Å². The number of anilines is 1. The summed E-state index contributed by atoms with van der Waals surface area (Å²) in [6, 6.07) is 14.8. The fraction of sp³-hybridized carbons (Fsp3) is 0.136. The molecular weight excluding hydrogens is 410 g/mol. The third kappa shape index (κ3) is 4.06. The van der Waals surface area contributed by atoms with E-state index < -0.39 is 0 Å². The highest BCUT2D eigenvalue weighted by atomic mass is 16.5. The summed E-state index contributed by atoms with van der Waals surface area (Å²) < 4.78 is 12.3. The smallest absolute Gasteiger partial charge is 0.273 e. The first-order chi connectivity index (χ1) is 15.8. The highest BCUT2D eigenvalue weighted by Gasteiger charge is 2.14. The number of carbonyl (C=O) groups is 1. The van der Waals surface area contributed by atoms with Gasteiger partial charge in [-0.05, 0) is 12.1 Å². The Hall–Kier alpha value is -4.47. The van der Waals surface area contributed by atoms with Crippen LogP contribution in [0.2, 0.25) is 0 Å². The van der Waals surface area contributed by atoms with Gasteiger partial charge in [-0.2, -0.15) is 5.10 Å². The van der Waals surface area contributed by atoms with Crippen molar-refractivity contribution in [1.29, 1.82) is 0 Å². The third-order valence-electron chi connectivity index (χ3n) is 4.85. The van der Waals surface area contributed by atoms with Gasteiger partial charge in [0.25, 0.3) is 5.91 Å². The van der Waals surface area contributed by atoms with Crippen molar-refractivity contribution in [1.82, 2.24) is 30.2 Å². The summed E-state index contributed by atoms with van der Waals surface area (Å²) in [6.07, 6.45) is 4.80. The molecule has 0 bridgehead atoms. The monoisotopic (exact) mass is 429 g/mol. The standard InChI is InChI=1S/C22H19N7O3/c30-22(18-11-19(32-28-18)15-5-2-1-3-6-15)23-8-9-29-21-17(13-27-29)20(25-14-26-21)24-12-16-7-4-10-31-16/h1-7,10-11,13-14H,8-9,12H2,(H,23,30)(H,24,25,26). The summed E-state index contributed by atoms with van der Waals surface area (Å²) in [5.74, 6) is 1.69. The van der Waals surface area contributed by atoms with Gasteiger partial charge in [0.15, 0.2) is 17.1 Å². The van der Waals surface area contributed by atoms with Crippen LogP contribution >= 0.6 is 0 Å². The molecule has 5 rings (SSSR count). The third-order valence-corrected chi connectivity index (χ3v) is 4.85. The normalized spacial score (nSPS) is 11.0.